The van der Waals surface area contributed by atoms with Crippen LogP contribution in [-0.4, -0.2) is 120 Å². The molecule has 5 rings (SSSR count). The molecule has 0 saturated heterocycles. The van der Waals surface area contributed by atoms with E-state index in [4.69, 9.17) is 38.7 Å². The number of nitrogens with one attached hydrogen (secondary N) is 1. The normalized spacial score (nSPS) is 12.1. The molecule has 1 heterocycles. The molecule has 17 heteroatoms. The summed E-state index contributed by atoms with van der Waals surface area (Å²) in [6.45, 7) is 11.3. The SMILES string of the molecule is COC(=O)C[C@H](CC(=O)[C@H](Cc1ccccc1)NC(=O)CCCN(C(=O)OC(C)(C)C)c1cc(C)ccn1)c1ccc(-c2ccc(OCCOCCOCCOCCOCCN=[N+]=[N-])c3ccccc23)cc1. The van der Waals surface area contributed by atoms with Gasteiger partial charge in [0.1, 0.15) is 23.8 Å². The van der Waals surface area contributed by atoms with E-state index in [0.29, 0.717) is 71.8 Å². The van der Waals surface area contributed by atoms with E-state index in [9.17, 15) is 19.2 Å². The maximum Gasteiger partial charge on any atom is 0.416 e. The highest BCUT2D eigenvalue weighted by Crippen LogP contribution is 2.36. The van der Waals surface area contributed by atoms with Gasteiger partial charge >= 0.3 is 12.1 Å². The highest BCUT2D eigenvalue weighted by Gasteiger charge is 2.28. The van der Waals surface area contributed by atoms with Crippen LogP contribution in [0.3, 0.4) is 0 Å². The van der Waals surface area contributed by atoms with Gasteiger partial charge in [0.2, 0.25) is 5.91 Å². The van der Waals surface area contributed by atoms with Crippen LogP contribution in [0, 0.1) is 6.92 Å². The summed E-state index contributed by atoms with van der Waals surface area (Å²) in [7, 11) is 1.32. The third-order valence-electron chi connectivity index (χ3n) is 11.2. The van der Waals surface area contributed by atoms with Crippen molar-refractivity contribution in [2.45, 2.75) is 77.4 Å². The number of aryl methyl sites for hydroxylation is 1. The van der Waals surface area contributed by atoms with Crippen molar-refractivity contribution in [1.82, 2.24) is 10.3 Å². The van der Waals surface area contributed by atoms with Crippen molar-refractivity contribution in [1.29, 1.82) is 0 Å². The first-order chi connectivity index (χ1) is 34.8. The van der Waals surface area contributed by atoms with Gasteiger partial charge in [-0.2, -0.15) is 0 Å². The maximum absolute atomic E-state index is 14.4. The Bertz CT molecular complexity index is 2530. The number of ketones is 1. The number of hydrogen-bond acceptors (Lipinski definition) is 13. The van der Waals surface area contributed by atoms with E-state index in [-0.39, 0.29) is 50.3 Å². The van der Waals surface area contributed by atoms with Gasteiger partial charge in [0.05, 0.1) is 72.4 Å². The Morgan fingerprint density at radius 2 is 1.40 bits per heavy atom. The van der Waals surface area contributed by atoms with Gasteiger partial charge in [-0.3, -0.25) is 19.3 Å². The Morgan fingerprint density at radius 1 is 0.764 bits per heavy atom. The summed E-state index contributed by atoms with van der Waals surface area (Å²) in [6.07, 6.45) is 1.54. The Morgan fingerprint density at radius 3 is 2.04 bits per heavy atom. The third kappa shape index (κ3) is 19.4. The summed E-state index contributed by atoms with van der Waals surface area (Å²) in [6, 6.07) is 32.0. The van der Waals surface area contributed by atoms with E-state index in [1.54, 1.807) is 33.0 Å². The summed E-state index contributed by atoms with van der Waals surface area (Å²) in [5.41, 5.74) is 12.0. The zero-order valence-corrected chi connectivity index (χ0v) is 42.1. The lowest BCUT2D eigenvalue weighted by Crippen LogP contribution is -2.43. The molecular formula is C55H68N6O11. The van der Waals surface area contributed by atoms with Crippen molar-refractivity contribution in [3.05, 3.63) is 136 Å². The average molecular weight is 989 g/mol. The summed E-state index contributed by atoms with van der Waals surface area (Å²) in [4.78, 5) is 62.6. The molecule has 0 bridgehead atoms. The lowest BCUT2D eigenvalue weighted by atomic mass is 9.86. The molecule has 0 aliphatic carbocycles. The summed E-state index contributed by atoms with van der Waals surface area (Å²) in [5.74, 6) is -0.433. The number of ether oxygens (including phenoxy) is 7. The fraction of sp³-hybridized carbons (Fsp3) is 0.436. The second-order valence-corrected chi connectivity index (χ2v) is 17.9. The number of benzene rings is 4. The molecule has 2 amide bonds. The second kappa shape index (κ2) is 30.1. The van der Waals surface area contributed by atoms with Crippen molar-refractivity contribution in [2.75, 3.05) is 84.6 Å². The van der Waals surface area contributed by atoms with E-state index in [1.807, 2.05) is 104 Å². The molecule has 0 unspecified atom stereocenters. The highest BCUT2D eigenvalue weighted by molar-refractivity contribution is 6.00. The van der Waals surface area contributed by atoms with E-state index in [1.165, 1.54) is 12.0 Å². The van der Waals surface area contributed by atoms with E-state index in [2.05, 4.69) is 20.3 Å². The smallest absolute Gasteiger partial charge is 0.416 e. The quantitative estimate of drug-likeness (QED) is 0.0145. The molecule has 0 aliphatic rings. The molecule has 0 radical (unpaired) electrons. The van der Waals surface area contributed by atoms with Crippen LogP contribution in [0.5, 0.6) is 5.75 Å². The van der Waals surface area contributed by atoms with Gasteiger partial charge in [-0.05, 0) is 97.5 Å². The van der Waals surface area contributed by atoms with Crippen LogP contribution < -0.4 is 15.0 Å². The monoisotopic (exact) mass is 988 g/mol. The van der Waals surface area contributed by atoms with Gasteiger partial charge in [-0.1, -0.05) is 90.0 Å². The molecule has 72 heavy (non-hydrogen) atoms. The topological polar surface area (TPSA) is 210 Å². The number of anilines is 1. The molecule has 0 spiro atoms. The fourth-order valence-corrected chi connectivity index (χ4v) is 7.73. The number of amides is 2. The number of aromatic nitrogens is 1. The molecule has 0 fully saturated rings. The summed E-state index contributed by atoms with van der Waals surface area (Å²) in [5, 5.41) is 8.31. The minimum absolute atomic E-state index is 0.0293. The van der Waals surface area contributed by atoms with Gasteiger partial charge in [0, 0.05) is 48.3 Å². The number of fused-ring (bicyclic) bond motifs is 1. The Kier molecular flexibility index (Phi) is 23.4. The largest absolute Gasteiger partial charge is 0.491 e. The highest BCUT2D eigenvalue weighted by atomic mass is 16.6. The Labute approximate surface area is 422 Å². The van der Waals surface area contributed by atoms with Gasteiger partial charge < -0.3 is 38.5 Å². The number of carbonyl (C=O) groups is 4. The molecule has 5 aromatic rings. The molecule has 0 aliphatic heterocycles. The van der Waals surface area contributed by atoms with Crippen LogP contribution in [0.1, 0.15) is 69.1 Å². The molecule has 1 aromatic heterocycles. The van der Waals surface area contributed by atoms with Gasteiger partial charge in [0.15, 0.2) is 5.78 Å². The number of pyridine rings is 1. The lowest BCUT2D eigenvalue weighted by molar-refractivity contribution is -0.141. The zero-order chi connectivity index (χ0) is 51.6. The average Bonchev–Trinajstić information content (AvgIpc) is 3.36. The first-order valence-electron chi connectivity index (χ1n) is 24.3. The molecule has 0 saturated carbocycles. The molecule has 4 aromatic carbocycles. The first-order valence-corrected chi connectivity index (χ1v) is 24.3. The van der Waals surface area contributed by atoms with Gasteiger partial charge in [0.25, 0.3) is 0 Å². The minimum Gasteiger partial charge on any atom is -0.491 e. The van der Waals surface area contributed by atoms with Crippen molar-refractivity contribution < 1.29 is 52.3 Å². The molecule has 1 N–H and O–H groups in total. The fourth-order valence-electron chi connectivity index (χ4n) is 7.73. The van der Waals surface area contributed by atoms with Crippen LogP contribution in [0.25, 0.3) is 32.3 Å². The number of hydrogen-bond donors (Lipinski definition) is 1. The van der Waals surface area contributed by atoms with Crippen LogP contribution in [0.4, 0.5) is 10.6 Å². The number of nitrogens with zero attached hydrogens (tertiary/aromatic N) is 5. The van der Waals surface area contributed by atoms with Crippen molar-refractivity contribution >= 4 is 40.3 Å². The van der Waals surface area contributed by atoms with E-state index in [0.717, 1.165) is 44.3 Å². The molecular weight excluding hydrogens is 921 g/mol. The number of esters is 1. The number of Topliss-reactive ketones (excluding diaryl/α,β-unsaturated/α-hetero) is 1. The molecule has 2 atom stereocenters. The van der Waals surface area contributed by atoms with Gasteiger partial charge in [-0.25, -0.2) is 9.78 Å². The number of azide groups is 1. The van der Waals surface area contributed by atoms with Crippen molar-refractivity contribution in [2.24, 2.45) is 5.11 Å². The Balaban J connectivity index is 1.19. The maximum atomic E-state index is 14.4. The number of carbonyl (C=O) groups excluding carboxylic acids is 4. The van der Waals surface area contributed by atoms with Crippen molar-refractivity contribution in [3.8, 4) is 16.9 Å². The predicted molar refractivity (Wildman–Crippen MR) is 275 cm³/mol. The molecule has 384 valence electrons. The van der Waals surface area contributed by atoms with E-state index < -0.39 is 29.6 Å². The number of methoxy groups -OCH3 is 1. The van der Waals surface area contributed by atoms with Crippen molar-refractivity contribution in [3.63, 3.8) is 0 Å². The van der Waals surface area contributed by atoms with Crippen LogP contribution in [0.15, 0.2) is 114 Å². The van der Waals surface area contributed by atoms with Crippen LogP contribution in [-0.2, 0) is 49.2 Å². The minimum atomic E-state index is -0.884. The molecule has 17 nitrogen and oxygen atoms in total. The lowest BCUT2D eigenvalue weighted by Gasteiger charge is -2.27. The number of rotatable bonds is 31. The van der Waals surface area contributed by atoms with E-state index >= 15 is 0 Å². The summed E-state index contributed by atoms with van der Waals surface area (Å²) < 4.78 is 38.9. The standard InChI is InChI=1S/C55H68N6O11/c1-40-23-24-57-51(36-40)61(54(65)72-55(2,3)4)26-11-16-52(63)59-48(37-41-12-7-6-8-13-41)49(62)38-44(39-53(64)66-5)42-17-19-43(20-18-42)45-21-22-50(47-15-10-9-14-46(45)47)71-35-34-70-33-32-69-31-30-68-29-28-67-27-25-58-60-56/h6-10,12-15,17-24,36,44,48H,11,16,25-35,37-39H2,1-5H3,(H,59,63)/t44-,48-/m0/s1. The second-order valence-electron chi connectivity index (χ2n) is 17.9. The zero-order valence-electron chi connectivity index (χ0n) is 42.1. The Hall–Kier alpha value is -6.88. The first kappa shape index (κ1) is 56.0. The predicted octanol–water partition coefficient (Wildman–Crippen LogP) is 9.52. The van der Waals surface area contributed by atoms with Crippen LogP contribution >= 0.6 is 0 Å². The van der Waals surface area contributed by atoms with Crippen LogP contribution in [0.2, 0.25) is 0 Å². The summed E-state index contributed by atoms with van der Waals surface area (Å²) >= 11 is 0. The third-order valence-corrected chi connectivity index (χ3v) is 11.2. The van der Waals surface area contributed by atoms with Gasteiger partial charge in [-0.15, -0.1) is 0 Å².